The maximum Gasteiger partial charge on any atom is 0.397 e. The molecule has 1 fully saturated rings. The Morgan fingerprint density at radius 1 is 1.57 bits per heavy atom. The number of nitriles is 1. The molecular weight excluding hydrogens is 197 g/mol. The summed E-state index contributed by atoms with van der Waals surface area (Å²) in [6, 6.07) is 1.95. The van der Waals surface area contributed by atoms with Crippen LogP contribution in [0.15, 0.2) is 0 Å². The van der Waals surface area contributed by atoms with Gasteiger partial charge in [-0.25, -0.2) is 0 Å². The number of hydrogen-bond donors (Lipinski definition) is 0. The average Bonchev–Trinajstić information content (AvgIpc) is 1.95. The third kappa shape index (κ3) is 2.37. The van der Waals surface area contributed by atoms with E-state index in [0.717, 1.165) is 4.90 Å². The van der Waals surface area contributed by atoms with E-state index in [2.05, 4.69) is 0 Å². The summed E-state index contributed by atoms with van der Waals surface area (Å²) in [5, 5.41) is 8.57. The van der Waals surface area contributed by atoms with Gasteiger partial charge in [-0.3, -0.25) is 4.79 Å². The fourth-order valence-electron chi connectivity index (χ4n) is 1.33. The van der Waals surface area contributed by atoms with Gasteiger partial charge in [0.15, 0.2) is 0 Å². The molecule has 1 aliphatic heterocycles. The Labute approximate surface area is 79.1 Å². The minimum atomic E-state index is -4.46. The first-order valence-electron chi connectivity index (χ1n) is 4.01. The highest BCUT2D eigenvalue weighted by Crippen LogP contribution is 2.31. The number of likely N-dealkylation sites (tertiary alicyclic amines) is 1. The van der Waals surface area contributed by atoms with E-state index in [1.807, 2.05) is 6.07 Å². The van der Waals surface area contributed by atoms with Gasteiger partial charge in [-0.2, -0.15) is 18.4 Å². The summed E-state index contributed by atoms with van der Waals surface area (Å²) in [5.41, 5.74) is -0.665. The summed E-state index contributed by atoms with van der Waals surface area (Å²) in [7, 11) is 0. The van der Waals surface area contributed by atoms with Crippen LogP contribution in [0.4, 0.5) is 13.2 Å². The standard InChI is InChI=1S/C8H9F3N2O/c1-7(3-12)4-13(5-7)6(14)2-8(9,10)11/h2,4-5H2,1H3. The second kappa shape index (κ2) is 3.15. The Kier molecular flexibility index (Phi) is 2.44. The van der Waals surface area contributed by atoms with Gasteiger partial charge in [-0.15, -0.1) is 0 Å². The van der Waals surface area contributed by atoms with Gasteiger partial charge in [0, 0.05) is 13.1 Å². The smallest absolute Gasteiger partial charge is 0.339 e. The van der Waals surface area contributed by atoms with Gasteiger partial charge in [0.2, 0.25) is 5.91 Å². The maximum atomic E-state index is 11.8. The monoisotopic (exact) mass is 206 g/mol. The Balaban J connectivity index is 2.42. The number of halogens is 3. The van der Waals surface area contributed by atoms with Gasteiger partial charge in [-0.05, 0) is 6.92 Å². The lowest BCUT2D eigenvalue weighted by molar-refractivity contribution is -0.167. The molecule has 0 aromatic carbocycles. The summed E-state index contributed by atoms with van der Waals surface area (Å²) >= 11 is 0. The lowest BCUT2D eigenvalue weighted by Crippen LogP contribution is -2.56. The van der Waals surface area contributed by atoms with Crippen molar-refractivity contribution in [3.8, 4) is 6.07 Å². The lowest BCUT2D eigenvalue weighted by atomic mass is 9.83. The number of hydrogen-bond acceptors (Lipinski definition) is 2. The van der Waals surface area contributed by atoms with Crippen molar-refractivity contribution in [3.05, 3.63) is 0 Å². The van der Waals surface area contributed by atoms with Crippen LogP contribution in [0.3, 0.4) is 0 Å². The fraction of sp³-hybridized carbons (Fsp3) is 0.750. The van der Waals surface area contributed by atoms with Crippen LogP contribution in [-0.4, -0.2) is 30.1 Å². The van der Waals surface area contributed by atoms with Crippen LogP contribution in [0.1, 0.15) is 13.3 Å². The Morgan fingerprint density at radius 2 is 2.07 bits per heavy atom. The van der Waals surface area contributed by atoms with Gasteiger partial charge in [-0.1, -0.05) is 0 Å². The molecule has 1 amide bonds. The Bertz CT molecular complexity index is 286. The lowest BCUT2D eigenvalue weighted by Gasteiger charge is -2.43. The fourth-order valence-corrected chi connectivity index (χ4v) is 1.33. The summed E-state index contributed by atoms with van der Waals surface area (Å²) in [6.07, 6.45) is -5.90. The summed E-state index contributed by atoms with van der Waals surface area (Å²) in [6.45, 7) is 1.81. The highest BCUT2D eigenvalue weighted by Gasteiger charge is 2.44. The maximum absolute atomic E-state index is 11.8. The van der Waals surface area contributed by atoms with Gasteiger partial charge in [0.05, 0.1) is 11.5 Å². The van der Waals surface area contributed by atoms with E-state index in [1.54, 1.807) is 6.92 Å². The van der Waals surface area contributed by atoms with Gasteiger partial charge in [0.25, 0.3) is 0 Å². The number of alkyl halides is 3. The molecular formula is C8H9F3N2O. The second-order valence-corrected chi connectivity index (χ2v) is 3.71. The molecule has 78 valence electrons. The first-order valence-corrected chi connectivity index (χ1v) is 4.01. The zero-order valence-corrected chi connectivity index (χ0v) is 7.56. The molecule has 6 heteroatoms. The van der Waals surface area contributed by atoms with Gasteiger partial charge in [0.1, 0.15) is 6.42 Å². The quantitative estimate of drug-likeness (QED) is 0.649. The third-order valence-electron chi connectivity index (χ3n) is 2.05. The molecule has 1 aliphatic rings. The number of amides is 1. The molecule has 0 saturated carbocycles. The molecule has 1 heterocycles. The zero-order valence-electron chi connectivity index (χ0n) is 7.56. The van der Waals surface area contributed by atoms with Crippen molar-refractivity contribution in [1.82, 2.24) is 4.90 Å². The molecule has 1 saturated heterocycles. The molecule has 0 radical (unpaired) electrons. The highest BCUT2D eigenvalue weighted by atomic mass is 19.4. The molecule has 0 aromatic rings. The predicted octanol–water partition coefficient (Wildman–Crippen LogP) is 1.31. The van der Waals surface area contributed by atoms with E-state index in [9.17, 15) is 18.0 Å². The van der Waals surface area contributed by atoms with Gasteiger partial charge >= 0.3 is 6.18 Å². The molecule has 0 bridgehead atoms. The van der Waals surface area contributed by atoms with E-state index in [-0.39, 0.29) is 13.1 Å². The van der Waals surface area contributed by atoms with Crippen LogP contribution in [0.5, 0.6) is 0 Å². The summed E-state index contributed by atoms with van der Waals surface area (Å²) in [4.78, 5) is 12.0. The van der Waals surface area contributed by atoms with Crippen molar-refractivity contribution in [2.45, 2.75) is 19.5 Å². The number of rotatable bonds is 1. The van der Waals surface area contributed by atoms with Crippen molar-refractivity contribution in [2.75, 3.05) is 13.1 Å². The topological polar surface area (TPSA) is 44.1 Å². The van der Waals surface area contributed by atoms with E-state index in [4.69, 9.17) is 5.26 Å². The van der Waals surface area contributed by atoms with Crippen molar-refractivity contribution >= 4 is 5.91 Å². The molecule has 0 unspecified atom stereocenters. The molecule has 0 aromatic heterocycles. The van der Waals surface area contributed by atoms with E-state index in [1.165, 1.54) is 0 Å². The Morgan fingerprint density at radius 3 is 2.43 bits per heavy atom. The Hall–Kier alpha value is -1.25. The zero-order chi connectivity index (χ0) is 11.0. The number of carbonyl (C=O) groups excluding carboxylic acids is 1. The van der Waals surface area contributed by atoms with Crippen molar-refractivity contribution < 1.29 is 18.0 Å². The number of carbonyl (C=O) groups is 1. The largest absolute Gasteiger partial charge is 0.397 e. The molecule has 3 nitrogen and oxygen atoms in total. The number of nitrogens with zero attached hydrogens (tertiary/aromatic N) is 2. The van der Waals surface area contributed by atoms with E-state index < -0.39 is 23.9 Å². The second-order valence-electron chi connectivity index (χ2n) is 3.71. The van der Waals surface area contributed by atoms with Crippen molar-refractivity contribution in [3.63, 3.8) is 0 Å². The van der Waals surface area contributed by atoms with Gasteiger partial charge < -0.3 is 4.90 Å². The van der Waals surface area contributed by atoms with Crippen LogP contribution in [0.2, 0.25) is 0 Å². The van der Waals surface area contributed by atoms with Crippen LogP contribution in [-0.2, 0) is 4.79 Å². The third-order valence-corrected chi connectivity index (χ3v) is 2.05. The van der Waals surface area contributed by atoms with Crippen molar-refractivity contribution in [2.24, 2.45) is 5.41 Å². The molecule has 0 N–H and O–H groups in total. The van der Waals surface area contributed by atoms with Crippen LogP contribution >= 0.6 is 0 Å². The summed E-state index contributed by atoms with van der Waals surface area (Å²) < 4.78 is 35.4. The summed E-state index contributed by atoms with van der Waals surface area (Å²) in [5.74, 6) is -0.953. The minimum absolute atomic E-state index is 0.0956. The normalized spacial score (nSPS) is 19.8. The minimum Gasteiger partial charge on any atom is -0.339 e. The van der Waals surface area contributed by atoms with Crippen LogP contribution in [0, 0.1) is 16.7 Å². The molecule has 1 rings (SSSR count). The molecule has 0 spiro atoms. The van der Waals surface area contributed by atoms with Crippen LogP contribution < -0.4 is 0 Å². The average molecular weight is 206 g/mol. The van der Waals surface area contributed by atoms with E-state index >= 15 is 0 Å². The van der Waals surface area contributed by atoms with E-state index in [0.29, 0.717) is 0 Å². The first-order chi connectivity index (χ1) is 6.26. The predicted molar refractivity (Wildman–Crippen MR) is 41.0 cm³/mol. The van der Waals surface area contributed by atoms with Crippen LogP contribution in [0.25, 0.3) is 0 Å². The molecule has 0 atom stereocenters. The SMILES string of the molecule is CC1(C#N)CN(C(=O)CC(F)(F)F)C1. The molecule has 0 aliphatic carbocycles. The molecule has 14 heavy (non-hydrogen) atoms. The highest BCUT2D eigenvalue weighted by molar-refractivity contribution is 5.78. The first kappa shape index (κ1) is 10.8. The van der Waals surface area contributed by atoms with Crippen molar-refractivity contribution in [1.29, 1.82) is 5.26 Å².